The first kappa shape index (κ1) is 14.3. The Kier molecular flexibility index (Phi) is 4.18. The molecule has 0 unspecified atom stereocenters. The van der Waals surface area contributed by atoms with Crippen LogP contribution in [0.25, 0.3) is 0 Å². The van der Waals surface area contributed by atoms with Gasteiger partial charge in [0.15, 0.2) is 0 Å². The van der Waals surface area contributed by atoms with Crippen LogP contribution in [0.4, 0.5) is 18.9 Å². The molecule has 0 saturated carbocycles. The van der Waals surface area contributed by atoms with Crippen LogP contribution in [0.3, 0.4) is 0 Å². The molecule has 0 fully saturated rings. The molecule has 18 heavy (non-hydrogen) atoms. The lowest BCUT2D eigenvalue weighted by atomic mass is 10.1. The molecule has 0 aliphatic carbocycles. The minimum atomic E-state index is -4.44. The van der Waals surface area contributed by atoms with Gasteiger partial charge in [-0.15, -0.1) is 0 Å². The van der Waals surface area contributed by atoms with E-state index >= 15 is 0 Å². The third-order valence-corrected chi connectivity index (χ3v) is 2.45. The van der Waals surface area contributed by atoms with Crippen LogP contribution in [0.5, 0.6) is 0 Å². The zero-order chi connectivity index (χ0) is 13.9. The smallest absolute Gasteiger partial charge is 0.368 e. The number of primary amides is 1. The summed E-state index contributed by atoms with van der Waals surface area (Å²) in [5, 5.41) is 0. The first-order valence-electron chi connectivity index (χ1n) is 5.15. The van der Waals surface area contributed by atoms with E-state index in [-0.39, 0.29) is 18.7 Å². The van der Waals surface area contributed by atoms with Gasteiger partial charge in [0.2, 0.25) is 5.91 Å². The van der Waals surface area contributed by atoms with Crippen molar-refractivity contribution in [3.05, 3.63) is 29.3 Å². The Morgan fingerprint density at radius 1 is 1.39 bits per heavy atom. The number of halogens is 3. The van der Waals surface area contributed by atoms with Gasteiger partial charge in [0.1, 0.15) is 0 Å². The molecule has 100 valence electrons. The predicted molar refractivity (Wildman–Crippen MR) is 61.8 cm³/mol. The topological polar surface area (TPSA) is 72.3 Å². The van der Waals surface area contributed by atoms with E-state index in [0.717, 1.165) is 6.07 Å². The van der Waals surface area contributed by atoms with Crippen molar-refractivity contribution in [2.24, 2.45) is 11.5 Å². The first-order valence-corrected chi connectivity index (χ1v) is 5.15. The van der Waals surface area contributed by atoms with Gasteiger partial charge in [-0.1, -0.05) is 0 Å². The second-order valence-corrected chi connectivity index (χ2v) is 3.87. The van der Waals surface area contributed by atoms with Crippen LogP contribution < -0.4 is 16.4 Å². The van der Waals surface area contributed by atoms with Crippen LogP contribution in [0.2, 0.25) is 0 Å². The highest BCUT2D eigenvalue weighted by Gasteiger charge is 2.33. The summed E-state index contributed by atoms with van der Waals surface area (Å²) >= 11 is 0. The summed E-state index contributed by atoms with van der Waals surface area (Å²) in [6, 6.07) is 3.55. The fraction of sp³-hybridized carbons (Fsp3) is 0.364. The molecule has 1 aromatic rings. The van der Waals surface area contributed by atoms with Gasteiger partial charge in [0.05, 0.1) is 12.1 Å². The summed E-state index contributed by atoms with van der Waals surface area (Å²) in [4.78, 5) is 12.2. The van der Waals surface area contributed by atoms with E-state index in [2.05, 4.69) is 0 Å². The molecule has 1 amide bonds. The molecule has 0 aromatic heterocycles. The van der Waals surface area contributed by atoms with Crippen molar-refractivity contribution in [1.29, 1.82) is 0 Å². The van der Waals surface area contributed by atoms with Gasteiger partial charge in [-0.2, -0.15) is 13.2 Å². The van der Waals surface area contributed by atoms with Crippen molar-refractivity contribution in [1.82, 2.24) is 0 Å². The Morgan fingerprint density at radius 3 is 2.44 bits per heavy atom. The quantitative estimate of drug-likeness (QED) is 0.852. The zero-order valence-corrected chi connectivity index (χ0v) is 9.79. The van der Waals surface area contributed by atoms with Crippen molar-refractivity contribution in [3.63, 3.8) is 0 Å². The van der Waals surface area contributed by atoms with Crippen molar-refractivity contribution in [3.8, 4) is 0 Å². The Hall–Kier alpha value is -1.76. The van der Waals surface area contributed by atoms with Gasteiger partial charge >= 0.3 is 6.18 Å². The van der Waals surface area contributed by atoms with Crippen LogP contribution in [0.15, 0.2) is 18.2 Å². The summed E-state index contributed by atoms with van der Waals surface area (Å²) in [6.07, 6.45) is -4.44. The van der Waals surface area contributed by atoms with Gasteiger partial charge in [0, 0.05) is 19.3 Å². The molecule has 0 radical (unpaired) electrons. The summed E-state index contributed by atoms with van der Waals surface area (Å²) < 4.78 is 37.9. The van der Waals surface area contributed by atoms with E-state index in [0.29, 0.717) is 5.69 Å². The average Bonchev–Trinajstić information content (AvgIpc) is 2.26. The monoisotopic (exact) mass is 261 g/mol. The number of nitrogens with two attached hydrogens (primary N) is 2. The van der Waals surface area contributed by atoms with Crippen LogP contribution in [0.1, 0.15) is 11.1 Å². The number of alkyl halides is 3. The van der Waals surface area contributed by atoms with E-state index in [9.17, 15) is 18.0 Å². The maximum Gasteiger partial charge on any atom is 0.416 e. The fourth-order valence-electron chi connectivity index (χ4n) is 1.59. The van der Waals surface area contributed by atoms with E-state index in [1.54, 1.807) is 7.05 Å². The molecule has 0 saturated heterocycles. The minimum Gasteiger partial charge on any atom is -0.368 e. The molecular weight excluding hydrogens is 247 g/mol. The molecule has 7 heteroatoms. The number of hydrogen-bond acceptors (Lipinski definition) is 3. The van der Waals surface area contributed by atoms with Gasteiger partial charge in [-0.3, -0.25) is 4.79 Å². The number of nitrogens with zero attached hydrogens (tertiary/aromatic N) is 1. The molecule has 1 rings (SSSR count). The second kappa shape index (κ2) is 5.26. The number of carbonyl (C=O) groups excluding carboxylic acids is 1. The maximum absolute atomic E-state index is 12.6. The molecule has 0 spiro atoms. The summed E-state index contributed by atoms with van der Waals surface area (Å²) in [5.74, 6) is -0.563. The molecule has 0 heterocycles. The average molecular weight is 261 g/mol. The summed E-state index contributed by atoms with van der Waals surface area (Å²) in [6.45, 7) is -0.303. The van der Waals surface area contributed by atoms with E-state index in [1.807, 2.05) is 0 Å². The van der Waals surface area contributed by atoms with Crippen molar-refractivity contribution in [2.45, 2.75) is 12.7 Å². The van der Waals surface area contributed by atoms with Crippen LogP contribution in [0, 0.1) is 0 Å². The lowest BCUT2D eigenvalue weighted by Crippen LogP contribution is -2.30. The third-order valence-electron chi connectivity index (χ3n) is 2.45. The van der Waals surface area contributed by atoms with E-state index < -0.39 is 17.6 Å². The van der Waals surface area contributed by atoms with Crippen LogP contribution in [-0.4, -0.2) is 19.5 Å². The Bertz CT molecular complexity index is 446. The van der Waals surface area contributed by atoms with E-state index in [4.69, 9.17) is 11.5 Å². The van der Waals surface area contributed by atoms with Crippen molar-refractivity contribution >= 4 is 11.6 Å². The Morgan fingerprint density at radius 2 is 2.00 bits per heavy atom. The molecular formula is C11H14F3N3O. The summed E-state index contributed by atoms with van der Waals surface area (Å²) in [5.41, 5.74) is 10.0. The van der Waals surface area contributed by atoms with Crippen LogP contribution >= 0.6 is 0 Å². The molecule has 1 aromatic carbocycles. The minimum absolute atomic E-state index is 0.0173. The number of benzene rings is 1. The Labute approximate surface area is 102 Å². The van der Waals surface area contributed by atoms with Gasteiger partial charge < -0.3 is 16.4 Å². The molecule has 4 nitrogen and oxygen atoms in total. The predicted octanol–water partition coefficient (Wildman–Crippen LogP) is 1.09. The van der Waals surface area contributed by atoms with Gasteiger partial charge in [0.25, 0.3) is 0 Å². The summed E-state index contributed by atoms with van der Waals surface area (Å²) in [7, 11) is 1.56. The highest BCUT2D eigenvalue weighted by atomic mass is 19.4. The standard InChI is InChI=1S/C11H14F3N3O/c1-17(6-10(16)18)8-2-3-9(11(12,13)14)7(4-8)5-15/h2-4H,5-6,15H2,1H3,(H2,16,18). The van der Waals surface area contributed by atoms with Crippen molar-refractivity contribution < 1.29 is 18.0 Å². The van der Waals surface area contributed by atoms with Gasteiger partial charge in [-0.25, -0.2) is 0 Å². The number of rotatable bonds is 4. The second-order valence-electron chi connectivity index (χ2n) is 3.87. The maximum atomic E-state index is 12.6. The fourth-order valence-corrected chi connectivity index (χ4v) is 1.59. The first-order chi connectivity index (χ1) is 8.25. The largest absolute Gasteiger partial charge is 0.416 e. The molecule has 4 N–H and O–H groups in total. The number of hydrogen-bond donors (Lipinski definition) is 2. The van der Waals surface area contributed by atoms with Crippen LogP contribution in [-0.2, 0) is 17.5 Å². The normalized spacial score (nSPS) is 11.4. The number of anilines is 1. The number of likely N-dealkylation sites (N-methyl/N-ethyl adjacent to an activating group) is 1. The van der Waals surface area contributed by atoms with Gasteiger partial charge in [-0.05, 0) is 23.8 Å². The lowest BCUT2D eigenvalue weighted by Gasteiger charge is -2.20. The number of amides is 1. The molecule has 0 aliphatic rings. The Balaban J connectivity index is 3.09. The third kappa shape index (κ3) is 3.36. The van der Waals surface area contributed by atoms with E-state index in [1.165, 1.54) is 17.0 Å². The highest BCUT2D eigenvalue weighted by molar-refractivity contribution is 5.79. The lowest BCUT2D eigenvalue weighted by molar-refractivity contribution is -0.138. The molecule has 0 aliphatic heterocycles. The number of carbonyl (C=O) groups is 1. The zero-order valence-electron chi connectivity index (χ0n) is 9.79. The SMILES string of the molecule is CN(CC(N)=O)c1ccc(C(F)(F)F)c(CN)c1. The van der Waals surface area contributed by atoms with Crippen molar-refractivity contribution in [2.75, 3.05) is 18.5 Å². The molecule has 0 bridgehead atoms. The highest BCUT2D eigenvalue weighted by Crippen LogP contribution is 2.33. The molecule has 0 atom stereocenters.